The number of alkyl carbamates (subject to hydrolysis) is 1. The van der Waals surface area contributed by atoms with E-state index in [0.29, 0.717) is 39.0 Å². The van der Waals surface area contributed by atoms with Crippen molar-refractivity contribution in [3.05, 3.63) is 101 Å². The molecule has 5 N–H and O–H groups in total. The van der Waals surface area contributed by atoms with Crippen molar-refractivity contribution in [2.24, 2.45) is 5.92 Å². The summed E-state index contributed by atoms with van der Waals surface area (Å²) >= 11 is 0. The first kappa shape index (κ1) is 40.3. The van der Waals surface area contributed by atoms with Crippen LogP contribution in [0.15, 0.2) is 79.1 Å². The van der Waals surface area contributed by atoms with Gasteiger partial charge < -0.3 is 30.9 Å². The molecule has 5 rings (SSSR count). The van der Waals surface area contributed by atoms with Crippen LogP contribution in [-0.2, 0) is 38.5 Å². The summed E-state index contributed by atoms with van der Waals surface area (Å²) in [5.41, 5.74) is 3.37. The van der Waals surface area contributed by atoms with Crippen molar-refractivity contribution in [2.45, 2.75) is 89.3 Å². The van der Waals surface area contributed by atoms with Crippen molar-refractivity contribution in [3.8, 4) is 0 Å². The molecule has 1 aromatic heterocycles. The van der Waals surface area contributed by atoms with Crippen LogP contribution in [0.3, 0.4) is 0 Å². The van der Waals surface area contributed by atoms with Crippen LogP contribution in [0.1, 0.15) is 68.3 Å². The SMILES string of the molecule is CC(C)(C)NC(=O)[C@@H]1CN(Cc2cccnc2)CCN1C[C@@H](O)C[C@@H](Cc1ccccc1)C(=O)N[C@H]1c2ccccc2C[C@H]1OC(=O)NCCCC(=O)O. The maximum Gasteiger partial charge on any atom is 0.407 e. The molecule has 1 aliphatic heterocycles. The van der Waals surface area contributed by atoms with E-state index < -0.39 is 47.8 Å². The highest BCUT2D eigenvalue weighted by molar-refractivity contribution is 5.83. The van der Waals surface area contributed by atoms with E-state index in [1.54, 1.807) is 6.20 Å². The second-order valence-corrected chi connectivity index (χ2v) is 15.4. The van der Waals surface area contributed by atoms with Gasteiger partial charge in [-0.3, -0.25) is 29.2 Å². The minimum atomic E-state index is -0.945. The first-order valence-electron chi connectivity index (χ1n) is 18.8. The number of fused-ring (bicyclic) bond motifs is 1. The second-order valence-electron chi connectivity index (χ2n) is 15.4. The third kappa shape index (κ3) is 12.1. The lowest BCUT2D eigenvalue weighted by Crippen LogP contribution is -2.61. The summed E-state index contributed by atoms with van der Waals surface area (Å²) in [6, 6.07) is 20.1. The molecule has 0 bridgehead atoms. The van der Waals surface area contributed by atoms with Gasteiger partial charge in [-0.15, -0.1) is 0 Å². The third-order valence-electron chi connectivity index (χ3n) is 9.78. The number of aliphatic hydroxyl groups is 1. The van der Waals surface area contributed by atoms with Crippen LogP contribution >= 0.6 is 0 Å². The van der Waals surface area contributed by atoms with Crippen LogP contribution in [0.2, 0.25) is 0 Å². The minimum absolute atomic E-state index is 0.0738. The number of hydrogen-bond donors (Lipinski definition) is 5. The predicted molar refractivity (Wildman–Crippen MR) is 203 cm³/mol. The van der Waals surface area contributed by atoms with Gasteiger partial charge in [-0.25, -0.2) is 4.79 Å². The molecule has 0 radical (unpaired) electrons. The summed E-state index contributed by atoms with van der Waals surface area (Å²) in [5.74, 6) is -1.96. The molecule has 5 atom stereocenters. The molecule has 3 amide bonds. The van der Waals surface area contributed by atoms with Gasteiger partial charge in [0.25, 0.3) is 0 Å². The fourth-order valence-electron chi connectivity index (χ4n) is 7.27. The molecule has 0 saturated carbocycles. The van der Waals surface area contributed by atoms with Crippen molar-refractivity contribution >= 4 is 23.9 Å². The number of hydrogen-bond acceptors (Lipinski definition) is 9. The van der Waals surface area contributed by atoms with Crippen molar-refractivity contribution in [1.29, 1.82) is 0 Å². The fraction of sp³-hybridized carbons (Fsp3) is 0.488. The molecule has 13 heteroatoms. The van der Waals surface area contributed by atoms with Gasteiger partial charge >= 0.3 is 12.1 Å². The lowest BCUT2D eigenvalue weighted by molar-refractivity contribution is -0.137. The van der Waals surface area contributed by atoms with E-state index in [0.717, 1.165) is 22.3 Å². The highest BCUT2D eigenvalue weighted by atomic mass is 16.6. The summed E-state index contributed by atoms with van der Waals surface area (Å²) in [7, 11) is 0. The average molecular weight is 743 g/mol. The van der Waals surface area contributed by atoms with Gasteiger partial charge in [-0.05, 0) is 68.4 Å². The number of aromatic nitrogens is 1. The van der Waals surface area contributed by atoms with E-state index in [1.807, 2.05) is 98.6 Å². The number of aliphatic carboxylic acids is 1. The molecule has 0 spiro atoms. The number of carboxylic acids is 1. The van der Waals surface area contributed by atoms with Crippen LogP contribution in [-0.4, -0.2) is 105 Å². The quantitative estimate of drug-likeness (QED) is 0.137. The summed E-state index contributed by atoms with van der Waals surface area (Å²) in [5, 5.41) is 29.5. The Hall–Kier alpha value is -4.85. The molecule has 54 heavy (non-hydrogen) atoms. The van der Waals surface area contributed by atoms with E-state index in [2.05, 4.69) is 25.8 Å². The normalized spacial score (nSPS) is 20.0. The maximum atomic E-state index is 14.3. The Balaban J connectivity index is 1.29. The summed E-state index contributed by atoms with van der Waals surface area (Å²) in [6.45, 7) is 8.59. The molecule has 0 unspecified atom stereocenters. The van der Waals surface area contributed by atoms with E-state index in [4.69, 9.17) is 9.84 Å². The molecule has 2 aromatic carbocycles. The summed E-state index contributed by atoms with van der Waals surface area (Å²) < 4.78 is 5.80. The lowest BCUT2D eigenvalue weighted by atomic mass is 9.91. The van der Waals surface area contributed by atoms with Crippen LogP contribution in [0.4, 0.5) is 4.79 Å². The van der Waals surface area contributed by atoms with Gasteiger partial charge in [0.05, 0.1) is 12.1 Å². The van der Waals surface area contributed by atoms with Crippen molar-refractivity contribution < 1.29 is 34.1 Å². The molecule has 13 nitrogen and oxygen atoms in total. The largest absolute Gasteiger partial charge is 0.481 e. The predicted octanol–water partition coefficient (Wildman–Crippen LogP) is 3.47. The Kier molecular flexibility index (Phi) is 14.2. The highest BCUT2D eigenvalue weighted by Gasteiger charge is 2.39. The molecule has 2 heterocycles. The number of carboxylic acid groups (broad SMARTS) is 1. The number of ether oxygens (including phenoxy) is 1. The van der Waals surface area contributed by atoms with Gasteiger partial charge in [0.1, 0.15) is 12.1 Å². The summed E-state index contributed by atoms with van der Waals surface area (Å²) in [4.78, 5) is 60.0. The second kappa shape index (κ2) is 19.0. The number of aliphatic hydroxyl groups excluding tert-OH is 1. The van der Waals surface area contributed by atoms with Crippen molar-refractivity contribution in [2.75, 3.05) is 32.7 Å². The summed E-state index contributed by atoms with van der Waals surface area (Å²) in [6.07, 6.45) is 2.40. The van der Waals surface area contributed by atoms with E-state index in [-0.39, 0.29) is 44.2 Å². The number of rotatable bonds is 16. The fourth-order valence-corrected chi connectivity index (χ4v) is 7.27. The standard InChI is InChI=1S/C41H54N6O7/c1-41(2,3)45-39(52)34-27-46(25-29-13-9-17-42-24-29)19-20-47(34)26-32(48)22-31(21-28-11-5-4-6-12-28)38(51)44-37-33-15-8-7-14-30(33)23-35(37)54-40(53)43-18-10-16-36(49)50/h4-9,11-15,17,24,31-32,34-35,37,48H,10,16,18-23,25-27H2,1-3H3,(H,43,53)(H,44,51)(H,45,52)(H,49,50)/t31-,32+,34+,35-,37+/m1/s1. The first-order valence-corrected chi connectivity index (χ1v) is 18.8. The van der Waals surface area contributed by atoms with Crippen LogP contribution in [0, 0.1) is 5.92 Å². The molecule has 1 aliphatic carbocycles. The Bertz CT molecular complexity index is 1700. The van der Waals surface area contributed by atoms with Gasteiger partial charge in [-0.1, -0.05) is 60.7 Å². The Morgan fingerprint density at radius 1 is 0.981 bits per heavy atom. The Morgan fingerprint density at radius 2 is 1.72 bits per heavy atom. The average Bonchev–Trinajstić information content (AvgIpc) is 3.46. The highest BCUT2D eigenvalue weighted by Crippen LogP contribution is 2.34. The first-order chi connectivity index (χ1) is 25.8. The topological polar surface area (TPSA) is 173 Å². The minimum Gasteiger partial charge on any atom is -0.481 e. The monoisotopic (exact) mass is 742 g/mol. The number of β-amino-alcohol motifs (C(OH)–C–C–N with tert-alkyl or cyclic N) is 1. The number of nitrogens with one attached hydrogen (secondary N) is 3. The zero-order valence-electron chi connectivity index (χ0n) is 31.4. The lowest BCUT2D eigenvalue weighted by Gasteiger charge is -2.42. The van der Waals surface area contributed by atoms with E-state index in [1.165, 1.54) is 0 Å². The Morgan fingerprint density at radius 3 is 2.44 bits per heavy atom. The number of piperazine rings is 1. The molecule has 1 saturated heterocycles. The van der Waals surface area contributed by atoms with Gasteiger partial charge in [0, 0.05) is 76.0 Å². The van der Waals surface area contributed by atoms with Crippen LogP contribution < -0.4 is 16.0 Å². The number of carbonyl (C=O) groups is 4. The smallest absolute Gasteiger partial charge is 0.407 e. The van der Waals surface area contributed by atoms with Crippen LogP contribution in [0.25, 0.3) is 0 Å². The van der Waals surface area contributed by atoms with Gasteiger partial charge in [-0.2, -0.15) is 0 Å². The number of benzene rings is 2. The number of pyridine rings is 1. The number of carbonyl (C=O) groups excluding carboxylic acids is 3. The molecular formula is C41H54N6O7. The number of amides is 3. The van der Waals surface area contributed by atoms with Gasteiger partial charge in [0.15, 0.2) is 0 Å². The molecule has 2 aliphatic rings. The van der Waals surface area contributed by atoms with E-state index in [9.17, 15) is 24.3 Å². The van der Waals surface area contributed by atoms with Crippen molar-refractivity contribution in [1.82, 2.24) is 30.7 Å². The van der Waals surface area contributed by atoms with Crippen molar-refractivity contribution in [3.63, 3.8) is 0 Å². The molecular weight excluding hydrogens is 688 g/mol. The molecule has 290 valence electrons. The molecule has 3 aromatic rings. The Labute approximate surface area is 317 Å². The number of nitrogens with zero attached hydrogens (tertiary/aromatic N) is 3. The van der Waals surface area contributed by atoms with Crippen LogP contribution in [0.5, 0.6) is 0 Å². The molecule has 1 fully saturated rings. The maximum absolute atomic E-state index is 14.3. The zero-order valence-corrected chi connectivity index (χ0v) is 31.4. The van der Waals surface area contributed by atoms with E-state index >= 15 is 0 Å². The van der Waals surface area contributed by atoms with Gasteiger partial charge in [0.2, 0.25) is 11.8 Å². The third-order valence-corrected chi connectivity index (χ3v) is 9.78. The zero-order chi connectivity index (χ0) is 38.7.